The normalized spacial score (nSPS) is 11.7. The molecule has 0 atom stereocenters. The molecule has 0 saturated heterocycles. The number of thiophene rings is 2. The maximum absolute atomic E-state index is 5.03. The molecule has 0 fully saturated rings. The Kier molecular flexibility index (Phi) is 5.54. The Morgan fingerprint density at radius 1 is 0.488 bits per heavy atom. The van der Waals surface area contributed by atoms with Crippen molar-refractivity contribution < 1.29 is 0 Å². The van der Waals surface area contributed by atoms with Crippen molar-refractivity contribution in [3.05, 3.63) is 140 Å². The zero-order valence-electron chi connectivity index (χ0n) is 22.9. The standard InChI is InChI=1S/C38H23N3S2/c1-3-11-24(12-4-1)30-23-31(25-13-5-2-6-14-25)40-37(39-30)26-19-21-27(22-20-26)41-32-17-9-7-15-28(32)34-36-35(43-38(34)41)29-16-8-10-18-33(29)42-36/h1-23H. The number of rotatable bonds is 4. The van der Waals surface area contributed by atoms with Gasteiger partial charge >= 0.3 is 0 Å². The van der Waals surface area contributed by atoms with Gasteiger partial charge in [-0.25, -0.2) is 9.97 Å². The van der Waals surface area contributed by atoms with Crippen LogP contribution in [0.3, 0.4) is 0 Å². The first-order valence-electron chi connectivity index (χ1n) is 14.3. The van der Waals surface area contributed by atoms with E-state index in [2.05, 4.69) is 108 Å². The van der Waals surface area contributed by atoms with E-state index in [0.717, 1.165) is 39.6 Å². The molecule has 4 aromatic heterocycles. The van der Waals surface area contributed by atoms with Crippen LogP contribution in [0.2, 0.25) is 0 Å². The molecule has 0 unspecified atom stereocenters. The lowest BCUT2D eigenvalue weighted by Crippen LogP contribution is -1.97. The van der Waals surface area contributed by atoms with Crippen molar-refractivity contribution in [2.24, 2.45) is 0 Å². The molecule has 0 aliphatic carbocycles. The summed E-state index contributed by atoms with van der Waals surface area (Å²) in [6.07, 6.45) is 0. The van der Waals surface area contributed by atoms with E-state index in [4.69, 9.17) is 9.97 Å². The molecule has 5 aromatic carbocycles. The van der Waals surface area contributed by atoms with Gasteiger partial charge in [0, 0.05) is 43.2 Å². The van der Waals surface area contributed by atoms with E-state index in [1.165, 1.54) is 40.6 Å². The van der Waals surface area contributed by atoms with Crippen LogP contribution < -0.4 is 0 Å². The lowest BCUT2D eigenvalue weighted by molar-refractivity contribution is 1.17. The molecule has 0 aliphatic heterocycles. The third-order valence-corrected chi connectivity index (χ3v) is 10.6. The van der Waals surface area contributed by atoms with Gasteiger partial charge in [-0.2, -0.15) is 0 Å². The zero-order chi connectivity index (χ0) is 28.3. The summed E-state index contributed by atoms with van der Waals surface area (Å²) in [6, 6.07) is 49.0. The van der Waals surface area contributed by atoms with Gasteiger partial charge in [-0.05, 0) is 42.5 Å². The van der Waals surface area contributed by atoms with Crippen LogP contribution in [-0.4, -0.2) is 14.5 Å². The highest BCUT2D eigenvalue weighted by atomic mass is 32.1. The van der Waals surface area contributed by atoms with E-state index in [1.807, 2.05) is 59.1 Å². The number of para-hydroxylation sites is 1. The van der Waals surface area contributed by atoms with Crippen LogP contribution in [0, 0.1) is 0 Å². The van der Waals surface area contributed by atoms with E-state index in [0.29, 0.717) is 0 Å². The first-order chi connectivity index (χ1) is 21.3. The molecule has 0 bridgehead atoms. The molecule has 0 spiro atoms. The number of aromatic nitrogens is 3. The molecule has 5 heteroatoms. The Bertz CT molecular complexity index is 2380. The highest BCUT2D eigenvalue weighted by Crippen LogP contribution is 2.48. The summed E-state index contributed by atoms with van der Waals surface area (Å²) in [6.45, 7) is 0. The van der Waals surface area contributed by atoms with Crippen LogP contribution >= 0.6 is 22.7 Å². The summed E-state index contributed by atoms with van der Waals surface area (Å²) in [4.78, 5) is 11.3. The van der Waals surface area contributed by atoms with E-state index >= 15 is 0 Å². The molecule has 202 valence electrons. The van der Waals surface area contributed by atoms with Crippen LogP contribution in [0.15, 0.2) is 140 Å². The lowest BCUT2D eigenvalue weighted by atomic mass is 10.1. The zero-order valence-corrected chi connectivity index (χ0v) is 24.6. The van der Waals surface area contributed by atoms with Gasteiger partial charge in [0.15, 0.2) is 5.82 Å². The minimum absolute atomic E-state index is 0.720. The summed E-state index contributed by atoms with van der Waals surface area (Å²) >= 11 is 3.79. The van der Waals surface area contributed by atoms with E-state index < -0.39 is 0 Å². The highest BCUT2D eigenvalue weighted by Gasteiger charge is 2.20. The molecular weight excluding hydrogens is 563 g/mol. The second kappa shape index (κ2) is 9.73. The van der Waals surface area contributed by atoms with Crippen LogP contribution in [0.4, 0.5) is 0 Å². The van der Waals surface area contributed by atoms with Gasteiger partial charge in [0.05, 0.1) is 26.3 Å². The number of nitrogens with zero attached hydrogens (tertiary/aromatic N) is 3. The summed E-state index contributed by atoms with van der Waals surface area (Å²) in [5.41, 5.74) is 7.33. The Morgan fingerprint density at radius 2 is 1.09 bits per heavy atom. The molecule has 0 aliphatic rings. The summed E-state index contributed by atoms with van der Waals surface area (Å²) in [7, 11) is 0. The molecular formula is C38H23N3S2. The van der Waals surface area contributed by atoms with E-state index in [9.17, 15) is 0 Å². The first-order valence-corrected chi connectivity index (χ1v) is 15.9. The molecule has 4 heterocycles. The lowest BCUT2D eigenvalue weighted by Gasteiger charge is -2.11. The maximum Gasteiger partial charge on any atom is 0.160 e. The molecule has 0 radical (unpaired) electrons. The smallest absolute Gasteiger partial charge is 0.160 e. The van der Waals surface area contributed by atoms with Crippen molar-refractivity contribution in [1.82, 2.24) is 14.5 Å². The quantitative estimate of drug-likeness (QED) is 0.206. The second-order valence-electron chi connectivity index (χ2n) is 10.6. The van der Waals surface area contributed by atoms with E-state index in [1.54, 1.807) is 0 Å². The second-order valence-corrected chi connectivity index (χ2v) is 12.7. The Balaban J connectivity index is 1.21. The van der Waals surface area contributed by atoms with Crippen LogP contribution in [-0.2, 0) is 0 Å². The van der Waals surface area contributed by atoms with Gasteiger partial charge in [-0.1, -0.05) is 97.1 Å². The molecule has 9 aromatic rings. The number of hydrogen-bond acceptors (Lipinski definition) is 4. The van der Waals surface area contributed by atoms with Crippen molar-refractivity contribution in [3.8, 4) is 39.6 Å². The average Bonchev–Trinajstić information content (AvgIpc) is 3.72. The largest absolute Gasteiger partial charge is 0.301 e. The third-order valence-electron chi connectivity index (χ3n) is 8.06. The monoisotopic (exact) mass is 585 g/mol. The van der Waals surface area contributed by atoms with Crippen LogP contribution in [0.5, 0.6) is 0 Å². The first kappa shape index (κ1) is 24.5. The van der Waals surface area contributed by atoms with Gasteiger partial charge in [-0.3, -0.25) is 0 Å². The number of hydrogen-bond donors (Lipinski definition) is 0. The van der Waals surface area contributed by atoms with Crippen molar-refractivity contribution in [2.45, 2.75) is 0 Å². The molecule has 0 saturated carbocycles. The van der Waals surface area contributed by atoms with E-state index in [-0.39, 0.29) is 0 Å². The molecule has 3 nitrogen and oxygen atoms in total. The predicted octanol–water partition coefficient (Wildman–Crippen LogP) is 11.0. The van der Waals surface area contributed by atoms with Crippen molar-refractivity contribution in [3.63, 3.8) is 0 Å². The van der Waals surface area contributed by atoms with Crippen molar-refractivity contribution >= 4 is 63.3 Å². The summed E-state index contributed by atoms with van der Waals surface area (Å²) in [5.74, 6) is 0.720. The predicted molar refractivity (Wildman–Crippen MR) is 183 cm³/mol. The molecule has 0 N–H and O–H groups in total. The maximum atomic E-state index is 5.03. The third kappa shape index (κ3) is 3.93. The summed E-state index contributed by atoms with van der Waals surface area (Å²) in [5, 5.41) is 4.00. The van der Waals surface area contributed by atoms with Gasteiger partial charge in [0.2, 0.25) is 0 Å². The fourth-order valence-corrected chi connectivity index (χ4v) is 8.85. The Hall–Kier alpha value is -5.10. The van der Waals surface area contributed by atoms with Crippen LogP contribution in [0.25, 0.3) is 80.2 Å². The Morgan fingerprint density at radius 3 is 1.79 bits per heavy atom. The fraction of sp³-hybridized carbons (Fsp3) is 0. The van der Waals surface area contributed by atoms with Crippen LogP contribution in [0.1, 0.15) is 0 Å². The average molecular weight is 586 g/mol. The Labute approximate surface area is 256 Å². The number of benzene rings is 5. The summed E-state index contributed by atoms with van der Waals surface area (Å²) < 4.78 is 6.52. The topological polar surface area (TPSA) is 30.7 Å². The molecule has 9 rings (SSSR count). The van der Waals surface area contributed by atoms with Gasteiger partial charge in [-0.15, -0.1) is 22.7 Å². The SMILES string of the molecule is c1ccc(-c2cc(-c3ccccc3)nc(-c3ccc(-n4c5ccccc5c5c6sc7ccccc7c6sc54)cc3)n2)cc1. The van der Waals surface area contributed by atoms with Crippen molar-refractivity contribution in [1.29, 1.82) is 0 Å². The molecule has 0 amide bonds. The van der Waals surface area contributed by atoms with Gasteiger partial charge in [0.25, 0.3) is 0 Å². The van der Waals surface area contributed by atoms with Crippen molar-refractivity contribution in [2.75, 3.05) is 0 Å². The molecule has 43 heavy (non-hydrogen) atoms. The fourth-order valence-electron chi connectivity index (χ4n) is 6.02. The van der Waals surface area contributed by atoms with Gasteiger partial charge < -0.3 is 4.57 Å². The minimum Gasteiger partial charge on any atom is -0.301 e. The minimum atomic E-state index is 0.720. The van der Waals surface area contributed by atoms with Gasteiger partial charge in [0.1, 0.15) is 4.83 Å². The highest BCUT2D eigenvalue weighted by molar-refractivity contribution is 7.36. The number of fused-ring (bicyclic) bond motifs is 7.